The number of hydrogen-bond acceptors (Lipinski definition) is 6. The SMILES string of the molecule is C[C@@H](OC(=O)Cc1n[nH]c(=O)c2ccccc12)C(=O)N1CC(=O)Nc2ccccc21. The van der Waals surface area contributed by atoms with E-state index in [1.807, 2.05) is 0 Å². The standard InChI is InChI=1S/C21H18N4O5/c1-12(21(29)25-11-18(26)22-15-8-4-5-9-17(15)25)30-19(27)10-16-13-6-2-3-7-14(13)20(28)24-23-16/h2-9,12H,10-11H2,1H3,(H,22,26)(H,24,28)/t12-/m1/s1. The van der Waals surface area contributed by atoms with Gasteiger partial charge >= 0.3 is 5.97 Å². The lowest BCUT2D eigenvalue weighted by Gasteiger charge is -2.30. The molecule has 0 unspecified atom stereocenters. The maximum absolute atomic E-state index is 12.9. The van der Waals surface area contributed by atoms with Gasteiger partial charge in [0.15, 0.2) is 6.10 Å². The third kappa shape index (κ3) is 3.64. The number of nitrogens with one attached hydrogen (secondary N) is 2. The van der Waals surface area contributed by atoms with Gasteiger partial charge in [-0.15, -0.1) is 0 Å². The molecule has 1 aliphatic rings. The summed E-state index contributed by atoms with van der Waals surface area (Å²) in [7, 11) is 0. The molecule has 0 bridgehead atoms. The number of H-pyrrole nitrogens is 1. The minimum atomic E-state index is -1.11. The molecule has 2 aromatic carbocycles. The fourth-order valence-electron chi connectivity index (χ4n) is 3.38. The van der Waals surface area contributed by atoms with Gasteiger partial charge in [0, 0.05) is 5.39 Å². The number of hydrogen-bond donors (Lipinski definition) is 2. The molecule has 9 heteroatoms. The number of carbonyl (C=O) groups is 3. The average molecular weight is 406 g/mol. The summed E-state index contributed by atoms with van der Waals surface area (Å²) in [6, 6.07) is 13.7. The Morgan fingerprint density at radius 1 is 1.10 bits per heavy atom. The van der Waals surface area contributed by atoms with Crippen LogP contribution in [0.15, 0.2) is 53.3 Å². The van der Waals surface area contributed by atoms with Gasteiger partial charge in [-0.1, -0.05) is 30.3 Å². The number of benzene rings is 2. The number of ether oxygens (including phenoxy) is 1. The van der Waals surface area contributed by atoms with Gasteiger partial charge in [-0.2, -0.15) is 5.10 Å². The number of rotatable bonds is 4. The second kappa shape index (κ2) is 7.78. The summed E-state index contributed by atoms with van der Waals surface area (Å²) in [5, 5.41) is 9.95. The number of amides is 2. The summed E-state index contributed by atoms with van der Waals surface area (Å²) >= 11 is 0. The van der Waals surface area contributed by atoms with Gasteiger partial charge in [-0.3, -0.25) is 24.1 Å². The largest absolute Gasteiger partial charge is 0.452 e. The quantitative estimate of drug-likeness (QED) is 0.632. The van der Waals surface area contributed by atoms with Crippen LogP contribution in [-0.2, 0) is 25.5 Å². The van der Waals surface area contributed by atoms with Crippen LogP contribution in [0.2, 0.25) is 0 Å². The van der Waals surface area contributed by atoms with Crippen molar-refractivity contribution in [3.8, 4) is 0 Å². The highest BCUT2D eigenvalue weighted by Crippen LogP contribution is 2.29. The summed E-state index contributed by atoms with van der Waals surface area (Å²) in [5.41, 5.74) is 1.05. The first-order chi connectivity index (χ1) is 14.4. The Labute approximate surface area is 170 Å². The predicted molar refractivity (Wildman–Crippen MR) is 109 cm³/mol. The monoisotopic (exact) mass is 406 g/mol. The predicted octanol–water partition coefficient (Wildman–Crippen LogP) is 1.38. The van der Waals surface area contributed by atoms with E-state index in [4.69, 9.17) is 4.74 Å². The van der Waals surface area contributed by atoms with Crippen molar-refractivity contribution in [2.75, 3.05) is 16.8 Å². The Balaban J connectivity index is 1.50. The van der Waals surface area contributed by atoms with Crippen molar-refractivity contribution in [1.29, 1.82) is 0 Å². The summed E-state index contributed by atoms with van der Waals surface area (Å²) in [6.45, 7) is 1.29. The summed E-state index contributed by atoms with van der Waals surface area (Å²) in [6.07, 6.45) is -1.32. The molecule has 3 aromatic rings. The van der Waals surface area contributed by atoms with Gasteiger partial charge in [0.1, 0.15) is 6.54 Å². The molecule has 30 heavy (non-hydrogen) atoms. The average Bonchev–Trinajstić information content (AvgIpc) is 2.74. The van der Waals surface area contributed by atoms with E-state index < -0.39 is 18.0 Å². The Morgan fingerprint density at radius 3 is 2.60 bits per heavy atom. The zero-order valence-corrected chi connectivity index (χ0v) is 16.0. The molecular formula is C21H18N4O5. The molecular weight excluding hydrogens is 388 g/mol. The first-order valence-electron chi connectivity index (χ1n) is 9.30. The highest BCUT2D eigenvalue weighted by Gasteiger charge is 2.31. The van der Waals surface area contributed by atoms with E-state index in [1.165, 1.54) is 11.8 Å². The van der Waals surface area contributed by atoms with Crippen molar-refractivity contribution in [3.05, 3.63) is 64.6 Å². The van der Waals surface area contributed by atoms with Crippen LogP contribution in [0.25, 0.3) is 10.8 Å². The molecule has 2 amide bonds. The molecule has 152 valence electrons. The van der Waals surface area contributed by atoms with E-state index in [0.29, 0.717) is 27.8 Å². The zero-order chi connectivity index (χ0) is 21.3. The lowest BCUT2D eigenvalue weighted by Crippen LogP contribution is -2.47. The highest BCUT2D eigenvalue weighted by molar-refractivity contribution is 6.11. The first-order valence-corrected chi connectivity index (χ1v) is 9.30. The number of aromatic nitrogens is 2. The van der Waals surface area contributed by atoms with E-state index >= 15 is 0 Å². The minimum Gasteiger partial charge on any atom is -0.452 e. The Morgan fingerprint density at radius 2 is 1.80 bits per heavy atom. The third-order valence-corrected chi connectivity index (χ3v) is 4.78. The van der Waals surface area contributed by atoms with Gasteiger partial charge in [-0.05, 0) is 25.1 Å². The molecule has 0 aliphatic carbocycles. The lowest BCUT2D eigenvalue weighted by molar-refractivity contribution is -0.153. The topological polar surface area (TPSA) is 121 Å². The molecule has 1 aromatic heterocycles. The molecule has 0 fully saturated rings. The van der Waals surface area contributed by atoms with Gasteiger partial charge in [0.05, 0.1) is 28.9 Å². The number of para-hydroxylation sites is 2. The summed E-state index contributed by atoms with van der Waals surface area (Å²) in [4.78, 5) is 50.4. The number of fused-ring (bicyclic) bond motifs is 2. The first kappa shape index (κ1) is 19.3. The van der Waals surface area contributed by atoms with E-state index in [-0.39, 0.29) is 24.4 Å². The second-order valence-corrected chi connectivity index (χ2v) is 6.84. The van der Waals surface area contributed by atoms with Crippen LogP contribution in [0.1, 0.15) is 12.6 Å². The molecule has 2 heterocycles. The fourth-order valence-corrected chi connectivity index (χ4v) is 3.38. The minimum absolute atomic E-state index is 0.163. The molecule has 0 spiro atoms. The molecule has 1 aliphatic heterocycles. The van der Waals surface area contributed by atoms with Gasteiger partial charge < -0.3 is 10.1 Å². The van der Waals surface area contributed by atoms with Crippen LogP contribution < -0.4 is 15.8 Å². The summed E-state index contributed by atoms with van der Waals surface area (Å²) < 4.78 is 5.30. The van der Waals surface area contributed by atoms with E-state index in [9.17, 15) is 19.2 Å². The van der Waals surface area contributed by atoms with Crippen LogP contribution in [-0.4, -0.2) is 40.6 Å². The number of aromatic amines is 1. The van der Waals surface area contributed by atoms with Gasteiger partial charge in [0.2, 0.25) is 5.91 Å². The molecule has 0 radical (unpaired) electrons. The van der Waals surface area contributed by atoms with E-state index in [1.54, 1.807) is 48.5 Å². The van der Waals surface area contributed by atoms with E-state index in [0.717, 1.165) is 0 Å². The van der Waals surface area contributed by atoms with E-state index in [2.05, 4.69) is 15.5 Å². The number of carbonyl (C=O) groups excluding carboxylic acids is 3. The molecule has 9 nitrogen and oxygen atoms in total. The maximum Gasteiger partial charge on any atom is 0.312 e. The molecule has 2 N–H and O–H groups in total. The van der Waals surface area contributed by atoms with Crippen molar-refractivity contribution in [2.45, 2.75) is 19.4 Å². The molecule has 0 saturated heterocycles. The van der Waals surface area contributed by atoms with Crippen LogP contribution in [0, 0.1) is 0 Å². The Kier molecular flexibility index (Phi) is 5.01. The van der Waals surface area contributed by atoms with Crippen molar-refractivity contribution in [1.82, 2.24) is 10.2 Å². The maximum atomic E-state index is 12.9. The fraction of sp³-hybridized carbons (Fsp3) is 0.190. The summed E-state index contributed by atoms with van der Waals surface area (Å²) in [5.74, 6) is -1.51. The number of esters is 1. The van der Waals surface area contributed by atoms with Crippen molar-refractivity contribution in [2.24, 2.45) is 0 Å². The van der Waals surface area contributed by atoms with Crippen molar-refractivity contribution in [3.63, 3.8) is 0 Å². The third-order valence-electron chi connectivity index (χ3n) is 4.78. The molecule has 1 atom stereocenters. The van der Waals surface area contributed by atoms with Crippen molar-refractivity contribution < 1.29 is 19.1 Å². The van der Waals surface area contributed by atoms with Crippen LogP contribution in [0.3, 0.4) is 0 Å². The smallest absolute Gasteiger partial charge is 0.312 e. The molecule has 0 saturated carbocycles. The van der Waals surface area contributed by atoms with Crippen molar-refractivity contribution >= 4 is 39.9 Å². The molecule has 4 rings (SSSR count). The van der Waals surface area contributed by atoms with Crippen LogP contribution >= 0.6 is 0 Å². The van der Waals surface area contributed by atoms with Crippen LogP contribution in [0.4, 0.5) is 11.4 Å². The number of nitrogens with zero attached hydrogens (tertiary/aromatic N) is 2. The second-order valence-electron chi connectivity index (χ2n) is 6.84. The Bertz CT molecular complexity index is 1220. The van der Waals surface area contributed by atoms with Gasteiger partial charge in [0.25, 0.3) is 11.5 Å². The normalized spacial score (nSPS) is 14.0. The zero-order valence-electron chi connectivity index (χ0n) is 16.0. The van der Waals surface area contributed by atoms with Crippen LogP contribution in [0.5, 0.6) is 0 Å². The van der Waals surface area contributed by atoms with Gasteiger partial charge in [-0.25, -0.2) is 5.10 Å². The Hall–Kier alpha value is -4.01. The highest BCUT2D eigenvalue weighted by atomic mass is 16.5. The lowest BCUT2D eigenvalue weighted by atomic mass is 10.1. The number of anilines is 2.